The molecule has 1 aromatic carbocycles. The number of H-pyrrole nitrogens is 1. The van der Waals surface area contributed by atoms with Crippen LogP contribution in [-0.2, 0) is 13.1 Å². The zero-order valence-electron chi connectivity index (χ0n) is 10.2. The Bertz CT molecular complexity index is 599. The minimum atomic E-state index is -0.339. The number of nitrogens with zero attached hydrogens (tertiary/aromatic N) is 1. The van der Waals surface area contributed by atoms with Crippen molar-refractivity contribution >= 4 is 5.91 Å². The molecule has 0 bridgehead atoms. The van der Waals surface area contributed by atoms with Crippen LogP contribution in [0.3, 0.4) is 0 Å². The SMILES string of the molecule is NCc1ccc(CNC(=O)c2ccc(=O)[nH]n2)cc1. The van der Waals surface area contributed by atoms with Gasteiger partial charge in [-0.25, -0.2) is 5.10 Å². The Hall–Kier alpha value is -2.47. The van der Waals surface area contributed by atoms with E-state index >= 15 is 0 Å². The van der Waals surface area contributed by atoms with Gasteiger partial charge >= 0.3 is 0 Å². The number of carbonyl (C=O) groups is 1. The Morgan fingerprint density at radius 1 is 1.16 bits per heavy atom. The first-order valence-corrected chi connectivity index (χ1v) is 5.81. The van der Waals surface area contributed by atoms with E-state index in [4.69, 9.17) is 5.73 Å². The number of hydrogen-bond acceptors (Lipinski definition) is 4. The molecule has 1 aromatic heterocycles. The van der Waals surface area contributed by atoms with E-state index in [9.17, 15) is 9.59 Å². The molecule has 0 unspecified atom stereocenters. The fourth-order valence-electron chi connectivity index (χ4n) is 1.54. The summed E-state index contributed by atoms with van der Waals surface area (Å²) in [6.07, 6.45) is 0. The monoisotopic (exact) mass is 258 g/mol. The summed E-state index contributed by atoms with van der Waals surface area (Å²) in [5.74, 6) is -0.334. The lowest BCUT2D eigenvalue weighted by atomic mass is 10.1. The van der Waals surface area contributed by atoms with E-state index in [0.717, 1.165) is 11.1 Å². The van der Waals surface area contributed by atoms with Crippen LogP contribution in [0.25, 0.3) is 0 Å². The average Bonchev–Trinajstić information content (AvgIpc) is 2.46. The van der Waals surface area contributed by atoms with Crippen molar-refractivity contribution in [2.24, 2.45) is 5.73 Å². The number of amides is 1. The third-order valence-electron chi connectivity index (χ3n) is 2.62. The van der Waals surface area contributed by atoms with Crippen LogP contribution in [0, 0.1) is 0 Å². The lowest BCUT2D eigenvalue weighted by Crippen LogP contribution is -2.25. The maximum atomic E-state index is 11.7. The van der Waals surface area contributed by atoms with Crippen molar-refractivity contribution in [3.63, 3.8) is 0 Å². The molecule has 1 amide bonds. The van der Waals surface area contributed by atoms with Gasteiger partial charge in [0.15, 0.2) is 0 Å². The Balaban J connectivity index is 1.96. The van der Waals surface area contributed by atoms with E-state index in [1.807, 2.05) is 24.3 Å². The molecule has 0 aliphatic heterocycles. The number of aromatic nitrogens is 2. The second-order valence-electron chi connectivity index (χ2n) is 4.01. The van der Waals surface area contributed by atoms with Gasteiger partial charge in [-0.15, -0.1) is 0 Å². The number of hydrogen-bond donors (Lipinski definition) is 3. The molecule has 6 heteroatoms. The Morgan fingerprint density at radius 2 is 1.84 bits per heavy atom. The molecule has 0 atom stereocenters. The highest BCUT2D eigenvalue weighted by Crippen LogP contribution is 2.03. The van der Waals surface area contributed by atoms with Crippen molar-refractivity contribution in [3.8, 4) is 0 Å². The smallest absolute Gasteiger partial charge is 0.271 e. The third-order valence-corrected chi connectivity index (χ3v) is 2.62. The molecule has 0 aliphatic rings. The first-order chi connectivity index (χ1) is 9.19. The molecule has 0 spiro atoms. The van der Waals surface area contributed by atoms with E-state index in [-0.39, 0.29) is 17.2 Å². The van der Waals surface area contributed by atoms with Crippen molar-refractivity contribution in [1.29, 1.82) is 0 Å². The molecular formula is C13H14N4O2. The zero-order chi connectivity index (χ0) is 13.7. The van der Waals surface area contributed by atoms with Crippen molar-refractivity contribution in [1.82, 2.24) is 15.5 Å². The normalized spacial score (nSPS) is 10.2. The van der Waals surface area contributed by atoms with Crippen LogP contribution in [0.4, 0.5) is 0 Å². The fraction of sp³-hybridized carbons (Fsp3) is 0.154. The van der Waals surface area contributed by atoms with Crippen LogP contribution >= 0.6 is 0 Å². The van der Waals surface area contributed by atoms with E-state index < -0.39 is 0 Å². The summed E-state index contributed by atoms with van der Waals surface area (Å²) in [5, 5.41) is 8.58. The molecule has 19 heavy (non-hydrogen) atoms. The van der Waals surface area contributed by atoms with Crippen LogP contribution in [0.1, 0.15) is 21.6 Å². The summed E-state index contributed by atoms with van der Waals surface area (Å²) < 4.78 is 0. The van der Waals surface area contributed by atoms with Gasteiger partial charge in [0.2, 0.25) is 0 Å². The largest absolute Gasteiger partial charge is 0.347 e. The number of nitrogens with one attached hydrogen (secondary N) is 2. The Labute approximate surface area is 109 Å². The number of nitrogens with two attached hydrogens (primary N) is 1. The first-order valence-electron chi connectivity index (χ1n) is 5.81. The molecule has 1 heterocycles. The predicted molar refractivity (Wildman–Crippen MR) is 70.4 cm³/mol. The lowest BCUT2D eigenvalue weighted by Gasteiger charge is -2.05. The second-order valence-corrected chi connectivity index (χ2v) is 4.01. The van der Waals surface area contributed by atoms with Crippen molar-refractivity contribution < 1.29 is 4.79 Å². The summed E-state index contributed by atoms with van der Waals surface area (Å²) in [4.78, 5) is 22.6. The molecule has 0 aliphatic carbocycles. The van der Waals surface area contributed by atoms with Gasteiger partial charge in [-0.3, -0.25) is 9.59 Å². The number of carbonyl (C=O) groups excluding carboxylic acids is 1. The van der Waals surface area contributed by atoms with Gasteiger partial charge in [-0.2, -0.15) is 5.10 Å². The van der Waals surface area contributed by atoms with Gasteiger partial charge in [0.1, 0.15) is 5.69 Å². The maximum Gasteiger partial charge on any atom is 0.271 e. The van der Waals surface area contributed by atoms with Gasteiger partial charge in [-0.1, -0.05) is 24.3 Å². The second kappa shape index (κ2) is 5.92. The first kappa shape index (κ1) is 13.0. The van der Waals surface area contributed by atoms with Crippen LogP contribution in [0.5, 0.6) is 0 Å². The van der Waals surface area contributed by atoms with Gasteiger partial charge in [-0.05, 0) is 17.2 Å². The van der Waals surface area contributed by atoms with Gasteiger partial charge in [0.05, 0.1) is 0 Å². The topological polar surface area (TPSA) is 101 Å². The van der Waals surface area contributed by atoms with Gasteiger partial charge in [0, 0.05) is 19.2 Å². The quantitative estimate of drug-likeness (QED) is 0.727. The molecule has 0 saturated carbocycles. The van der Waals surface area contributed by atoms with Gasteiger partial charge < -0.3 is 11.1 Å². The van der Waals surface area contributed by atoms with Crippen molar-refractivity contribution in [3.05, 3.63) is 63.6 Å². The average molecular weight is 258 g/mol. The van der Waals surface area contributed by atoms with E-state index in [1.165, 1.54) is 12.1 Å². The molecule has 4 N–H and O–H groups in total. The summed E-state index contributed by atoms with van der Waals surface area (Å²) in [6.45, 7) is 0.887. The molecule has 0 radical (unpaired) electrons. The molecule has 98 valence electrons. The molecule has 0 fully saturated rings. The van der Waals surface area contributed by atoms with Crippen LogP contribution in [0.15, 0.2) is 41.2 Å². The number of aromatic amines is 1. The number of rotatable bonds is 4. The highest BCUT2D eigenvalue weighted by Gasteiger charge is 2.06. The highest BCUT2D eigenvalue weighted by molar-refractivity contribution is 5.91. The predicted octanol–water partition coefficient (Wildman–Crippen LogP) is 0.159. The zero-order valence-corrected chi connectivity index (χ0v) is 10.2. The summed E-state index contributed by atoms with van der Waals surface area (Å²) in [6, 6.07) is 10.3. The van der Waals surface area contributed by atoms with Crippen molar-refractivity contribution in [2.45, 2.75) is 13.1 Å². The summed E-state index contributed by atoms with van der Waals surface area (Å²) in [7, 11) is 0. The standard InChI is InChI=1S/C13H14N4O2/c14-7-9-1-3-10(4-2-9)8-15-13(19)11-5-6-12(18)17-16-11/h1-6H,7-8,14H2,(H,15,19)(H,17,18). The molecule has 6 nitrogen and oxygen atoms in total. The minimum absolute atomic E-state index is 0.179. The molecule has 2 rings (SSSR count). The summed E-state index contributed by atoms with van der Waals surface area (Å²) >= 11 is 0. The Kier molecular flexibility index (Phi) is 4.04. The Morgan fingerprint density at radius 3 is 2.42 bits per heavy atom. The molecule has 0 saturated heterocycles. The van der Waals surface area contributed by atoms with E-state index in [2.05, 4.69) is 15.5 Å². The minimum Gasteiger partial charge on any atom is -0.347 e. The number of benzene rings is 1. The summed E-state index contributed by atoms with van der Waals surface area (Å²) in [5.41, 5.74) is 7.35. The molecular weight excluding hydrogens is 244 g/mol. The van der Waals surface area contributed by atoms with Crippen molar-refractivity contribution in [2.75, 3.05) is 0 Å². The molecule has 2 aromatic rings. The fourth-order valence-corrected chi connectivity index (χ4v) is 1.54. The highest BCUT2D eigenvalue weighted by atomic mass is 16.2. The maximum absolute atomic E-state index is 11.7. The van der Waals surface area contributed by atoms with Crippen LogP contribution in [0.2, 0.25) is 0 Å². The van der Waals surface area contributed by atoms with Crippen LogP contribution < -0.4 is 16.6 Å². The van der Waals surface area contributed by atoms with E-state index in [1.54, 1.807) is 0 Å². The van der Waals surface area contributed by atoms with Crippen LogP contribution in [-0.4, -0.2) is 16.1 Å². The van der Waals surface area contributed by atoms with Gasteiger partial charge in [0.25, 0.3) is 11.5 Å². The van der Waals surface area contributed by atoms with E-state index in [0.29, 0.717) is 13.1 Å². The lowest BCUT2D eigenvalue weighted by molar-refractivity contribution is 0.0945. The third kappa shape index (κ3) is 3.49.